The van der Waals surface area contributed by atoms with Crippen LogP contribution in [0, 0.1) is 0 Å². The van der Waals surface area contributed by atoms with Crippen LogP contribution in [0.4, 0.5) is 5.69 Å². The number of halogens is 2. The standard InChI is InChI=1S/C21H23Cl2N3O6/c1-21(2,3)32-16(27)10-31-18-14(8-12(22)9-15(18)23)17(20(28)29)25-13-6-4-11(5-7-13)19(24)26-30/h4-9,17,25,30H,10H2,1-3H3,(H2,24,26)(H,28,29). The van der Waals surface area contributed by atoms with Crippen molar-refractivity contribution >= 4 is 46.7 Å². The summed E-state index contributed by atoms with van der Waals surface area (Å²) >= 11 is 12.3. The van der Waals surface area contributed by atoms with E-state index in [0.29, 0.717) is 11.3 Å². The lowest BCUT2D eigenvalue weighted by atomic mass is 10.0. The molecule has 0 spiro atoms. The van der Waals surface area contributed by atoms with Crippen molar-refractivity contribution in [2.24, 2.45) is 10.9 Å². The van der Waals surface area contributed by atoms with Gasteiger partial charge >= 0.3 is 11.9 Å². The number of carbonyl (C=O) groups excluding carboxylic acids is 1. The van der Waals surface area contributed by atoms with Crippen LogP contribution < -0.4 is 15.8 Å². The Morgan fingerprint density at radius 2 is 1.81 bits per heavy atom. The zero-order chi connectivity index (χ0) is 24.1. The quantitative estimate of drug-likeness (QED) is 0.145. The second kappa shape index (κ2) is 10.4. The molecule has 2 aromatic rings. The lowest BCUT2D eigenvalue weighted by Gasteiger charge is -2.22. The van der Waals surface area contributed by atoms with Gasteiger partial charge in [0, 0.05) is 21.8 Å². The van der Waals surface area contributed by atoms with Crippen molar-refractivity contribution in [1.29, 1.82) is 0 Å². The molecule has 0 saturated heterocycles. The Labute approximate surface area is 194 Å². The smallest absolute Gasteiger partial charge is 0.344 e. The van der Waals surface area contributed by atoms with Crippen molar-refractivity contribution in [2.75, 3.05) is 11.9 Å². The number of carbonyl (C=O) groups is 2. The first kappa shape index (κ1) is 25.1. The molecule has 0 saturated carbocycles. The SMILES string of the molecule is CC(C)(C)OC(=O)COc1c(Cl)cc(Cl)cc1C(Nc1ccc(/C(N)=N\O)cc1)C(=O)O. The number of rotatable bonds is 8. The molecule has 11 heteroatoms. The van der Waals surface area contributed by atoms with E-state index in [2.05, 4.69) is 10.5 Å². The minimum Gasteiger partial charge on any atom is -0.480 e. The average Bonchev–Trinajstić information content (AvgIpc) is 2.69. The van der Waals surface area contributed by atoms with E-state index in [4.69, 9.17) is 43.6 Å². The van der Waals surface area contributed by atoms with Crippen LogP contribution in [-0.2, 0) is 14.3 Å². The molecule has 32 heavy (non-hydrogen) atoms. The van der Waals surface area contributed by atoms with Crippen LogP contribution in [0.25, 0.3) is 0 Å². The molecular formula is C21H23Cl2N3O6. The monoisotopic (exact) mass is 483 g/mol. The number of carboxylic acid groups (broad SMARTS) is 1. The molecule has 9 nitrogen and oxygen atoms in total. The third-order valence-corrected chi connectivity index (χ3v) is 4.45. The maximum Gasteiger partial charge on any atom is 0.344 e. The van der Waals surface area contributed by atoms with Crippen LogP contribution >= 0.6 is 23.2 Å². The number of esters is 1. The summed E-state index contributed by atoms with van der Waals surface area (Å²) in [7, 11) is 0. The summed E-state index contributed by atoms with van der Waals surface area (Å²) in [4.78, 5) is 24.1. The van der Waals surface area contributed by atoms with Gasteiger partial charge < -0.3 is 30.8 Å². The molecule has 2 rings (SSSR count). The minimum absolute atomic E-state index is 0.0184. The van der Waals surface area contributed by atoms with E-state index < -0.39 is 30.2 Å². The zero-order valence-corrected chi connectivity index (χ0v) is 19.1. The number of amidine groups is 1. The highest BCUT2D eigenvalue weighted by Crippen LogP contribution is 2.37. The second-order valence-corrected chi connectivity index (χ2v) is 8.50. The normalized spacial score (nSPS) is 12.7. The number of ether oxygens (including phenoxy) is 2. The van der Waals surface area contributed by atoms with E-state index >= 15 is 0 Å². The molecule has 0 amide bonds. The number of nitrogens with one attached hydrogen (secondary N) is 1. The van der Waals surface area contributed by atoms with Gasteiger partial charge in [0.15, 0.2) is 18.5 Å². The Balaban J connectivity index is 2.34. The molecule has 0 aliphatic heterocycles. The van der Waals surface area contributed by atoms with E-state index in [1.165, 1.54) is 12.1 Å². The van der Waals surface area contributed by atoms with Gasteiger partial charge in [-0.3, -0.25) is 0 Å². The number of nitrogens with two attached hydrogens (primary N) is 1. The largest absolute Gasteiger partial charge is 0.480 e. The first-order valence-electron chi connectivity index (χ1n) is 9.32. The number of benzene rings is 2. The fourth-order valence-corrected chi connectivity index (χ4v) is 3.25. The highest BCUT2D eigenvalue weighted by atomic mass is 35.5. The van der Waals surface area contributed by atoms with Gasteiger partial charge in [-0.05, 0) is 57.2 Å². The first-order chi connectivity index (χ1) is 14.9. The first-order valence-corrected chi connectivity index (χ1v) is 10.1. The Bertz CT molecular complexity index is 1020. The van der Waals surface area contributed by atoms with Gasteiger partial charge in [0.1, 0.15) is 11.4 Å². The molecule has 5 N–H and O–H groups in total. The van der Waals surface area contributed by atoms with Crippen LogP contribution in [0.15, 0.2) is 41.6 Å². The lowest BCUT2D eigenvalue weighted by Crippen LogP contribution is -2.28. The van der Waals surface area contributed by atoms with E-state index in [9.17, 15) is 14.7 Å². The number of hydrogen-bond donors (Lipinski definition) is 4. The Morgan fingerprint density at radius 3 is 2.34 bits per heavy atom. The molecule has 0 aromatic heterocycles. The van der Waals surface area contributed by atoms with Crippen LogP contribution in [0.5, 0.6) is 5.75 Å². The number of aliphatic carboxylic acids is 1. The molecule has 0 heterocycles. The van der Waals surface area contributed by atoms with Gasteiger partial charge in [-0.25, -0.2) is 9.59 Å². The molecule has 0 radical (unpaired) electrons. The van der Waals surface area contributed by atoms with Crippen molar-refractivity contribution in [3.05, 3.63) is 57.6 Å². The van der Waals surface area contributed by atoms with Crippen LogP contribution in [0.2, 0.25) is 10.0 Å². The maximum absolute atomic E-state index is 12.1. The predicted molar refractivity (Wildman–Crippen MR) is 121 cm³/mol. The molecular weight excluding hydrogens is 461 g/mol. The van der Waals surface area contributed by atoms with Gasteiger partial charge in [0.25, 0.3) is 0 Å². The van der Waals surface area contributed by atoms with Gasteiger partial charge in [-0.15, -0.1) is 0 Å². The van der Waals surface area contributed by atoms with E-state index in [1.807, 2.05) is 0 Å². The molecule has 0 fully saturated rings. The number of carboxylic acids is 1. The number of anilines is 1. The molecule has 0 bridgehead atoms. The highest BCUT2D eigenvalue weighted by Gasteiger charge is 2.27. The van der Waals surface area contributed by atoms with E-state index in [-0.39, 0.29) is 27.2 Å². The molecule has 0 aliphatic carbocycles. The highest BCUT2D eigenvalue weighted by molar-refractivity contribution is 6.35. The summed E-state index contributed by atoms with van der Waals surface area (Å²) in [5.41, 5.74) is 5.79. The molecule has 1 atom stereocenters. The molecule has 2 aromatic carbocycles. The average molecular weight is 484 g/mol. The third kappa shape index (κ3) is 6.93. The van der Waals surface area contributed by atoms with Crippen molar-refractivity contribution in [3.63, 3.8) is 0 Å². The predicted octanol–water partition coefficient (Wildman–Crippen LogP) is 4.05. The molecule has 172 valence electrons. The Hall–Kier alpha value is -3.17. The van der Waals surface area contributed by atoms with E-state index in [0.717, 1.165) is 0 Å². The third-order valence-electron chi connectivity index (χ3n) is 3.95. The van der Waals surface area contributed by atoms with Gasteiger partial charge in [-0.2, -0.15) is 0 Å². The van der Waals surface area contributed by atoms with E-state index in [1.54, 1.807) is 45.0 Å². The Morgan fingerprint density at radius 1 is 1.19 bits per heavy atom. The summed E-state index contributed by atoms with van der Waals surface area (Å²) in [6.45, 7) is 4.65. The Kier molecular flexibility index (Phi) is 8.18. The van der Waals surface area contributed by atoms with Gasteiger partial charge in [-0.1, -0.05) is 28.4 Å². The molecule has 0 aliphatic rings. The number of oxime groups is 1. The summed E-state index contributed by atoms with van der Waals surface area (Å²) in [5.74, 6) is -2.00. The van der Waals surface area contributed by atoms with Crippen molar-refractivity contribution in [1.82, 2.24) is 0 Å². The topological polar surface area (TPSA) is 143 Å². The summed E-state index contributed by atoms with van der Waals surface area (Å²) in [6.07, 6.45) is 0. The fourth-order valence-electron chi connectivity index (χ4n) is 2.68. The lowest BCUT2D eigenvalue weighted by molar-refractivity contribution is -0.157. The molecule has 1 unspecified atom stereocenters. The summed E-state index contributed by atoms with van der Waals surface area (Å²) in [5, 5.41) is 24.6. The number of nitrogens with zero attached hydrogens (tertiary/aromatic N) is 1. The summed E-state index contributed by atoms with van der Waals surface area (Å²) in [6, 6.07) is 7.63. The second-order valence-electron chi connectivity index (χ2n) is 7.66. The van der Waals surface area contributed by atoms with Crippen molar-refractivity contribution < 1.29 is 29.4 Å². The fraction of sp³-hybridized carbons (Fsp3) is 0.286. The van der Waals surface area contributed by atoms with Crippen molar-refractivity contribution in [2.45, 2.75) is 32.4 Å². The summed E-state index contributed by atoms with van der Waals surface area (Å²) < 4.78 is 10.7. The minimum atomic E-state index is -1.32. The van der Waals surface area contributed by atoms with Crippen LogP contribution in [0.1, 0.15) is 37.9 Å². The zero-order valence-electron chi connectivity index (χ0n) is 17.6. The van der Waals surface area contributed by atoms with Gasteiger partial charge in [0.2, 0.25) is 0 Å². The van der Waals surface area contributed by atoms with Crippen LogP contribution in [-0.4, -0.2) is 40.3 Å². The number of hydrogen-bond acceptors (Lipinski definition) is 7. The van der Waals surface area contributed by atoms with Crippen molar-refractivity contribution in [3.8, 4) is 5.75 Å². The van der Waals surface area contributed by atoms with Gasteiger partial charge in [0.05, 0.1) is 5.02 Å². The van der Waals surface area contributed by atoms with Crippen LogP contribution in [0.3, 0.4) is 0 Å². The maximum atomic E-state index is 12.1.